The molecule has 3 N–H and O–H groups in total. The molecule has 0 aliphatic heterocycles. The highest BCUT2D eigenvalue weighted by Crippen LogP contribution is 2.24. The third-order valence-electron chi connectivity index (χ3n) is 3.69. The Morgan fingerprint density at radius 2 is 2.00 bits per heavy atom. The van der Waals surface area contributed by atoms with Crippen LogP contribution in [-0.2, 0) is 6.54 Å². The Bertz CT molecular complexity index is 751. The van der Waals surface area contributed by atoms with Gasteiger partial charge >= 0.3 is 0 Å². The third kappa shape index (κ3) is 3.40. The molecule has 114 valence electrons. The van der Waals surface area contributed by atoms with Crippen LogP contribution in [0.25, 0.3) is 10.9 Å². The fraction of sp³-hybridized carbons (Fsp3) is 0.222. The molecule has 1 heterocycles. The highest BCUT2D eigenvalue weighted by Gasteiger charge is 2.04. The molecule has 0 saturated heterocycles. The first-order chi connectivity index (χ1) is 10.7. The lowest BCUT2D eigenvalue weighted by Gasteiger charge is -2.17. The Morgan fingerprint density at radius 1 is 1.14 bits per heavy atom. The number of nitrogens with two attached hydrogens (primary N) is 1. The number of ether oxygens (including phenoxy) is 1. The lowest BCUT2D eigenvalue weighted by molar-refractivity contribution is 0.234. The van der Waals surface area contributed by atoms with E-state index in [1.807, 2.05) is 48.7 Å². The van der Waals surface area contributed by atoms with E-state index >= 15 is 0 Å². The first-order valence-electron chi connectivity index (χ1n) is 7.44. The summed E-state index contributed by atoms with van der Waals surface area (Å²) in [6.07, 6.45) is 1.93. The maximum Gasteiger partial charge on any atom is 0.128 e. The molecular weight excluding hydrogens is 274 g/mol. The number of aromatic nitrogens is 1. The molecule has 2 aromatic carbocycles. The molecule has 0 unspecified atom stereocenters. The lowest BCUT2D eigenvalue weighted by atomic mass is 10.2. The molecule has 0 spiro atoms. The molecule has 3 rings (SSSR count). The summed E-state index contributed by atoms with van der Waals surface area (Å²) in [5.74, 6) is 0.927. The Kier molecular flexibility index (Phi) is 4.30. The maximum absolute atomic E-state index is 5.92. The van der Waals surface area contributed by atoms with Gasteiger partial charge < -0.3 is 15.5 Å². The molecule has 0 amide bonds. The Hall–Kier alpha value is -2.46. The number of H-pyrrole nitrogens is 1. The van der Waals surface area contributed by atoms with E-state index in [9.17, 15) is 0 Å². The molecule has 22 heavy (non-hydrogen) atoms. The van der Waals surface area contributed by atoms with Gasteiger partial charge in [0.15, 0.2) is 0 Å². The van der Waals surface area contributed by atoms with Gasteiger partial charge in [-0.1, -0.05) is 18.2 Å². The molecule has 1 aromatic heterocycles. The number of anilines is 1. The average Bonchev–Trinajstić information content (AvgIpc) is 2.96. The lowest BCUT2D eigenvalue weighted by Crippen LogP contribution is -2.23. The van der Waals surface area contributed by atoms with Crippen LogP contribution in [0.5, 0.6) is 5.75 Å². The van der Waals surface area contributed by atoms with Gasteiger partial charge in [0.25, 0.3) is 0 Å². The van der Waals surface area contributed by atoms with Crippen LogP contribution in [0.2, 0.25) is 0 Å². The van der Waals surface area contributed by atoms with Gasteiger partial charge in [-0.15, -0.1) is 0 Å². The summed E-state index contributed by atoms with van der Waals surface area (Å²) in [7, 11) is 2.09. The molecule has 0 bridgehead atoms. The zero-order valence-electron chi connectivity index (χ0n) is 12.8. The monoisotopic (exact) mass is 295 g/mol. The SMILES string of the molecule is CN(CCOc1cccc2[nH]ccc12)Cc1cccc(N)c1. The molecule has 4 heteroatoms. The molecule has 0 radical (unpaired) electrons. The predicted octanol–water partition coefficient (Wildman–Crippen LogP) is 3.26. The third-order valence-corrected chi connectivity index (χ3v) is 3.69. The van der Waals surface area contributed by atoms with Crippen LogP contribution >= 0.6 is 0 Å². The minimum atomic E-state index is 0.656. The van der Waals surface area contributed by atoms with Crippen molar-refractivity contribution < 1.29 is 4.74 Å². The minimum absolute atomic E-state index is 0.656. The van der Waals surface area contributed by atoms with Crippen molar-refractivity contribution in [2.45, 2.75) is 6.54 Å². The van der Waals surface area contributed by atoms with Gasteiger partial charge in [0.05, 0.1) is 0 Å². The van der Waals surface area contributed by atoms with Crippen LogP contribution < -0.4 is 10.5 Å². The minimum Gasteiger partial charge on any atom is -0.492 e. The average molecular weight is 295 g/mol. The van der Waals surface area contributed by atoms with E-state index < -0.39 is 0 Å². The van der Waals surface area contributed by atoms with Crippen molar-refractivity contribution in [2.75, 3.05) is 25.9 Å². The molecule has 0 saturated carbocycles. The number of benzene rings is 2. The van der Waals surface area contributed by atoms with Crippen molar-refractivity contribution in [3.63, 3.8) is 0 Å². The fourth-order valence-electron chi connectivity index (χ4n) is 2.58. The van der Waals surface area contributed by atoms with E-state index in [2.05, 4.69) is 23.0 Å². The molecule has 0 fully saturated rings. The molecular formula is C18H21N3O. The summed E-state index contributed by atoms with van der Waals surface area (Å²) in [5.41, 5.74) is 8.93. The summed E-state index contributed by atoms with van der Waals surface area (Å²) in [4.78, 5) is 5.42. The van der Waals surface area contributed by atoms with E-state index in [0.717, 1.165) is 35.4 Å². The number of hydrogen-bond acceptors (Lipinski definition) is 3. The Balaban J connectivity index is 1.53. The van der Waals surface area contributed by atoms with Crippen LogP contribution in [-0.4, -0.2) is 30.1 Å². The van der Waals surface area contributed by atoms with Crippen molar-refractivity contribution in [1.29, 1.82) is 0 Å². The van der Waals surface area contributed by atoms with E-state index in [4.69, 9.17) is 10.5 Å². The number of fused-ring (bicyclic) bond motifs is 1. The van der Waals surface area contributed by atoms with Crippen molar-refractivity contribution in [3.8, 4) is 5.75 Å². The normalized spacial score (nSPS) is 11.2. The van der Waals surface area contributed by atoms with Crippen LogP contribution in [0.1, 0.15) is 5.56 Å². The smallest absolute Gasteiger partial charge is 0.128 e. The van der Waals surface area contributed by atoms with Crippen molar-refractivity contribution in [3.05, 3.63) is 60.3 Å². The van der Waals surface area contributed by atoms with Crippen molar-refractivity contribution in [1.82, 2.24) is 9.88 Å². The van der Waals surface area contributed by atoms with Crippen LogP contribution in [0.4, 0.5) is 5.69 Å². The second-order valence-electron chi connectivity index (χ2n) is 5.53. The fourth-order valence-corrected chi connectivity index (χ4v) is 2.58. The molecule has 4 nitrogen and oxygen atoms in total. The van der Waals surface area contributed by atoms with Gasteiger partial charge in [0.2, 0.25) is 0 Å². The van der Waals surface area contributed by atoms with Crippen LogP contribution in [0.15, 0.2) is 54.7 Å². The summed E-state index contributed by atoms with van der Waals surface area (Å²) in [6.45, 7) is 2.38. The maximum atomic E-state index is 5.92. The van der Waals surface area contributed by atoms with E-state index in [1.165, 1.54) is 5.56 Å². The van der Waals surface area contributed by atoms with Crippen LogP contribution in [0, 0.1) is 0 Å². The predicted molar refractivity (Wildman–Crippen MR) is 91.0 cm³/mol. The quantitative estimate of drug-likeness (QED) is 0.686. The second kappa shape index (κ2) is 6.54. The number of nitrogens with one attached hydrogen (secondary N) is 1. The summed E-state index contributed by atoms with van der Waals surface area (Å²) < 4.78 is 5.92. The van der Waals surface area contributed by atoms with Gasteiger partial charge in [0, 0.05) is 35.9 Å². The number of aromatic amines is 1. The number of rotatable bonds is 6. The number of nitrogen functional groups attached to an aromatic ring is 1. The van der Waals surface area contributed by atoms with Gasteiger partial charge in [-0.2, -0.15) is 0 Å². The summed E-state index contributed by atoms with van der Waals surface area (Å²) in [5, 5.41) is 1.13. The first-order valence-corrected chi connectivity index (χ1v) is 7.44. The molecule has 3 aromatic rings. The summed E-state index contributed by atoms with van der Waals surface area (Å²) in [6, 6.07) is 16.1. The van der Waals surface area contributed by atoms with Crippen molar-refractivity contribution >= 4 is 16.6 Å². The second-order valence-corrected chi connectivity index (χ2v) is 5.53. The molecule has 0 aliphatic rings. The van der Waals surface area contributed by atoms with Gasteiger partial charge in [-0.05, 0) is 42.9 Å². The van der Waals surface area contributed by atoms with E-state index in [-0.39, 0.29) is 0 Å². The van der Waals surface area contributed by atoms with E-state index in [0.29, 0.717) is 6.61 Å². The summed E-state index contributed by atoms with van der Waals surface area (Å²) >= 11 is 0. The zero-order chi connectivity index (χ0) is 15.4. The highest BCUT2D eigenvalue weighted by molar-refractivity contribution is 5.85. The zero-order valence-corrected chi connectivity index (χ0v) is 12.8. The highest BCUT2D eigenvalue weighted by atomic mass is 16.5. The molecule has 0 atom stereocenters. The number of likely N-dealkylation sites (N-methyl/N-ethyl adjacent to an activating group) is 1. The van der Waals surface area contributed by atoms with Gasteiger partial charge in [0.1, 0.15) is 12.4 Å². The van der Waals surface area contributed by atoms with E-state index in [1.54, 1.807) is 0 Å². The van der Waals surface area contributed by atoms with Crippen molar-refractivity contribution in [2.24, 2.45) is 0 Å². The molecule has 0 aliphatic carbocycles. The van der Waals surface area contributed by atoms with Crippen LogP contribution in [0.3, 0.4) is 0 Å². The number of hydrogen-bond donors (Lipinski definition) is 2. The van der Waals surface area contributed by atoms with Gasteiger partial charge in [-0.3, -0.25) is 4.90 Å². The Labute approximate surface area is 130 Å². The topological polar surface area (TPSA) is 54.3 Å². The first kappa shape index (κ1) is 14.5. The largest absolute Gasteiger partial charge is 0.492 e. The van der Waals surface area contributed by atoms with Gasteiger partial charge in [-0.25, -0.2) is 0 Å². The standard InChI is InChI=1S/C18H21N3O/c1-21(13-14-4-2-5-15(19)12-14)10-11-22-18-7-3-6-17-16(18)8-9-20-17/h2-9,12,20H,10-11,13,19H2,1H3. The Morgan fingerprint density at radius 3 is 2.86 bits per heavy atom. The number of nitrogens with zero attached hydrogens (tertiary/aromatic N) is 1.